The largest absolute Gasteiger partial charge is 0.397 e. The van der Waals surface area contributed by atoms with Gasteiger partial charge in [0.25, 0.3) is 11.8 Å². The number of likely N-dealkylation sites (N-methyl/N-ethyl adjacent to an activating group) is 1. The summed E-state index contributed by atoms with van der Waals surface area (Å²) in [6.45, 7) is 0.694. The van der Waals surface area contributed by atoms with Crippen molar-refractivity contribution in [2.75, 3.05) is 19.3 Å². The third-order valence-electron chi connectivity index (χ3n) is 4.03. The number of nitrogens with zero attached hydrogens (tertiary/aromatic N) is 2. The van der Waals surface area contributed by atoms with Gasteiger partial charge in [-0.25, -0.2) is 13.8 Å². The first-order chi connectivity index (χ1) is 14.1. The Morgan fingerprint density at radius 2 is 1.93 bits per heavy atom. The van der Waals surface area contributed by atoms with E-state index in [0.717, 1.165) is 12.1 Å². The smallest absolute Gasteiger partial charge is 0.269 e. The number of rotatable bonds is 2. The zero-order chi connectivity index (χ0) is 23.0. The average molecular weight is 414 g/mol. The van der Waals surface area contributed by atoms with Crippen LogP contribution in [0.3, 0.4) is 0 Å². The topological polar surface area (TPSA) is 123 Å². The van der Waals surface area contributed by atoms with E-state index in [0.29, 0.717) is 13.0 Å². The second kappa shape index (κ2) is 10.6. The maximum Gasteiger partial charge on any atom is 0.269 e. The van der Waals surface area contributed by atoms with Gasteiger partial charge in [-0.1, -0.05) is 5.92 Å². The number of carbonyl (C=O) groups excluding carboxylic acids is 2. The molecule has 0 aliphatic carbocycles. The molecule has 5 N–H and O–H groups in total. The Kier molecular flexibility index (Phi) is 8.48. The number of aliphatic hydroxyl groups excluding tert-OH is 1. The van der Waals surface area contributed by atoms with Gasteiger partial charge in [-0.3, -0.25) is 9.59 Å². The van der Waals surface area contributed by atoms with Crippen molar-refractivity contribution in [2.45, 2.75) is 12.5 Å². The van der Waals surface area contributed by atoms with Crippen molar-refractivity contribution in [1.82, 2.24) is 9.88 Å². The maximum atomic E-state index is 13.9. The van der Waals surface area contributed by atoms with Gasteiger partial charge in [0.1, 0.15) is 17.6 Å². The summed E-state index contributed by atoms with van der Waals surface area (Å²) in [7, 11) is 1.69. The third-order valence-corrected chi connectivity index (χ3v) is 4.03. The molecular formula is C21H20F2N4O3. The van der Waals surface area contributed by atoms with E-state index < -0.39 is 23.6 Å². The SMILES string of the molecule is C#C.C#Cc1cc(-c2nc(C(N)=O)c(N)cc2F)ccc1F.CN1CC[C@H](O)C1=O. The van der Waals surface area contributed by atoms with E-state index in [2.05, 4.69) is 23.8 Å². The lowest BCUT2D eigenvalue weighted by Gasteiger charge is -2.08. The fourth-order valence-corrected chi connectivity index (χ4v) is 2.49. The first-order valence-electron chi connectivity index (χ1n) is 8.44. The van der Waals surface area contributed by atoms with E-state index in [1.165, 1.54) is 17.0 Å². The van der Waals surface area contributed by atoms with Crippen molar-refractivity contribution in [3.63, 3.8) is 0 Å². The highest BCUT2D eigenvalue weighted by atomic mass is 19.1. The van der Waals surface area contributed by atoms with Gasteiger partial charge in [0.05, 0.1) is 11.3 Å². The zero-order valence-electron chi connectivity index (χ0n) is 16.1. The van der Waals surface area contributed by atoms with Gasteiger partial charge < -0.3 is 21.5 Å². The molecule has 2 amide bonds. The van der Waals surface area contributed by atoms with Crippen LogP contribution in [0.1, 0.15) is 22.5 Å². The molecular weight excluding hydrogens is 394 g/mol. The summed E-state index contributed by atoms with van der Waals surface area (Å²) in [5, 5.41) is 8.78. The summed E-state index contributed by atoms with van der Waals surface area (Å²) in [4.78, 5) is 27.1. The summed E-state index contributed by atoms with van der Waals surface area (Å²) in [5.74, 6) is -0.273. The summed E-state index contributed by atoms with van der Waals surface area (Å²) in [6.07, 6.45) is 13.0. The van der Waals surface area contributed by atoms with E-state index in [9.17, 15) is 18.4 Å². The van der Waals surface area contributed by atoms with E-state index in [-0.39, 0.29) is 34.1 Å². The number of hydrogen-bond acceptors (Lipinski definition) is 5. The molecule has 1 aliphatic rings. The van der Waals surface area contributed by atoms with Crippen LogP contribution in [0.5, 0.6) is 0 Å². The van der Waals surface area contributed by atoms with E-state index in [4.69, 9.17) is 23.0 Å². The van der Waals surface area contributed by atoms with Crippen LogP contribution in [0.4, 0.5) is 14.5 Å². The van der Waals surface area contributed by atoms with Crippen LogP contribution < -0.4 is 11.5 Å². The van der Waals surface area contributed by atoms with E-state index in [1.807, 2.05) is 0 Å². The number of primary amides is 1. The van der Waals surface area contributed by atoms with Crippen molar-refractivity contribution >= 4 is 17.5 Å². The Bertz CT molecular complexity index is 1000. The Morgan fingerprint density at radius 1 is 1.30 bits per heavy atom. The number of hydrogen-bond donors (Lipinski definition) is 3. The number of nitrogen functional groups attached to an aromatic ring is 1. The van der Waals surface area contributed by atoms with Crippen molar-refractivity contribution < 1.29 is 23.5 Å². The number of anilines is 1. The van der Waals surface area contributed by atoms with Gasteiger partial charge in [0.2, 0.25) is 0 Å². The number of halogens is 2. The number of aliphatic hydroxyl groups is 1. The number of terminal acetylenes is 2. The lowest BCUT2D eigenvalue weighted by atomic mass is 10.1. The maximum absolute atomic E-state index is 13.9. The zero-order valence-corrected chi connectivity index (χ0v) is 16.1. The first kappa shape index (κ1) is 24.1. The Hall–Kier alpha value is -3.95. The highest BCUT2D eigenvalue weighted by Crippen LogP contribution is 2.25. The quantitative estimate of drug-likeness (QED) is 0.637. The number of aromatic nitrogens is 1. The molecule has 1 fully saturated rings. The first-order valence-corrected chi connectivity index (χ1v) is 8.44. The molecule has 3 rings (SSSR count). The van der Waals surface area contributed by atoms with E-state index >= 15 is 0 Å². The van der Waals surface area contributed by atoms with Gasteiger partial charge in [0, 0.05) is 25.2 Å². The van der Waals surface area contributed by atoms with Crippen LogP contribution in [-0.4, -0.2) is 46.5 Å². The molecule has 2 heterocycles. The summed E-state index contributed by atoms with van der Waals surface area (Å²) >= 11 is 0. The van der Waals surface area contributed by atoms with Crippen LogP contribution in [0.15, 0.2) is 24.3 Å². The highest BCUT2D eigenvalue weighted by Gasteiger charge is 2.26. The Balaban J connectivity index is 0.000000375. The standard InChI is InChI=1S/C14H9F2N3O.C5H9NO2.C2H2/c1-2-7-5-8(3-4-9(7)15)12-10(16)6-11(17)13(19-12)14(18)20;1-6-3-2-4(7)5(6)8;1-2/h1,3-6H,17H2,(H2,18,20);4,7H,2-3H2,1H3;1-2H/t;4-;/m.0./s1. The predicted molar refractivity (Wildman–Crippen MR) is 109 cm³/mol. The molecule has 9 heteroatoms. The number of carbonyl (C=O) groups is 2. The van der Waals surface area contributed by atoms with Crippen molar-refractivity contribution in [1.29, 1.82) is 0 Å². The number of pyridine rings is 1. The van der Waals surface area contributed by atoms with Gasteiger partial charge in [-0.2, -0.15) is 0 Å². The molecule has 1 atom stereocenters. The molecule has 0 radical (unpaired) electrons. The number of nitrogens with two attached hydrogens (primary N) is 2. The predicted octanol–water partition coefficient (Wildman–Crippen LogP) is 1.15. The molecule has 156 valence electrons. The second-order valence-electron chi connectivity index (χ2n) is 6.02. The molecule has 7 nitrogen and oxygen atoms in total. The minimum absolute atomic E-state index is 0.0406. The summed E-state index contributed by atoms with van der Waals surface area (Å²) in [5.41, 5.74) is 10.1. The molecule has 0 bridgehead atoms. The number of benzene rings is 1. The highest BCUT2D eigenvalue weighted by molar-refractivity contribution is 5.96. The number of likely N-dealkylation sites (tertiary alicyclic amines) is 1. The lowest BCUT2D eigenvalue weighted by molar-refractivity contribution is -0.133. The molecule has 30 heavy (non-hydrogen) atoms. The minimum atomic E-state index is -0.886. The second-order valence-corrected chi connectivity index (χ2v) is 6.02. The van der Waals surface area contributed by atoms with Gasteiger partial charge in [-0.05, 0) is 24.6 Å². The third kappa shape index (κ3) is 5.53. The Morgan fingerprint density at radius 3 is 2.37 bits per heavy atom. The van der Waals surface area contributed by atoms with Gasteiger partial charge in [0.15, 0.2) is 11.5 Å². The molecule has 0 unspecified atom stereocenters. The summed E-state index contributed by atoms with van der Waals surface area (Å²) < 4.78 is 27.2. The van der Waals surface area contributed by atoms with Crippen LogP contribution >= 0.6 is 0 Å². The van der Waals surface area contributed by atoms with Crippen LogP contribution in [-0.2, 0) is 4.79 Å². The molecule has 0 saturated carbocycles. The van der Waals surface area contributed by atoms with Crippen LogP contribution in [0.25, 0.3) is 11.3 Å². The van der Waals surface area contributed by atoms with Crippen molar-refractivity contribution in [3.8, 4) is 36.4 Å². The lowest BCUT2D eigenvalue weighted by Crippen LogP contribution is -2.24. The van der Waals surface area contributed by atoms with Crippen molar-refractivity contribution in [2.24, 2.45) is 5.73 Å². The monoisotopic (exact) mass is 414 g/mol. The fraction of sp³-hybridized carbons (Fsp3) is 0.190. The van der Waals surface area contributed by atoms with Crippen LogP contribution in [0.2, 0.25) is 0 Å². The van der Waals surface area contributed by atoms with Gasteiger partial charge >= 0.3 is 0 Å². The molecule has 1 aliphatic heterocycles. The average Bonchev–Trinajstić information content (AvgIpc) is 3.01. The molecule has 0 spiro atoms. The molecule has 1 aromatic carbocycles. The van der Waals surface area contributed by atoms with Crippen molar-refractivity contribution in [3.05, 3.63) is 47.2 Å². The number of amides is 2. The fourth-order valence-electron chi connectivity index (χ4n) is 2.49. The van der Waals surface area contributed by atoms with E-state index in [1.54, 1.807) is 7.05 Å². The normalized spacial score (nSPS) is 14.6. The minimum Gasteiger partial charge on any atom is -0.397 e. The summed E-state index contributed by atoms with van der Waals surface area (Å²) in [6, 6.07) is 4.57. The molecule has 1 aromatic heterocycles. The van der Waals surface area contributed by atoms with Crippen LogP contribution in [0, 0.1) is 36.8 Å². The molecule has 1 saturated heterocycles. The van der Waals surface area contributed by atoms with Gasteiger partial charge in [-0.15, -0.1) is 19.3 Å². The molecule has 2 aromatic rings. The Labute approximate surface area is 172 Å².